The predicted molar refractivity (Wildman–Crippen MR) is 44.1 cm³/mol. The van der Waals surface area contributed by atoms with Crippen LogP contribution < -0.4 is 0 Å². The SMILES string of the molecule is CCOC(=O)CC(=O)n1cccn1. The Kier molecular flexibility index (Phi) is 3.19. The zero-order valence-electron chi connectivity index (χ0n) is 7.27. The molecule has 0 aliphatic rings. The smallest absolute Gasteiger partial charge is 0.315 e. The maximum absolute atomic E-state index is 11.2. The van der Waals surface area contributed by atoms with Crippen molar-refractivity contribution >= 4 is 11.9 Å². The fraction of sp³-hybridized carbons (Fsp3) is 0.375. The predicted octanol–water partition coefficient (Wildman–Crippen LogP) is 0.477. The van der Waals surface area contributed by atoms with Crippen LogP contribution in [0.4, 0.5) is 0 Å². The first-order valence-electron chi connectivity index (χ1n) is 3.92. The Bertz CT molecular complexity index is 292. The van der Waals surface area contributed by atoms with E-state index in [1.807, 2.05) is 0 Å². The molecule has 0 aliphatic carbocycles. The Morgan fingerprint density at radius 2 is 2.31 bits per heavy atom. The fourth-order valence-electron chi connectivity index (χ4n) is 0.833. The van der Waals surface area contributed by atoms with Crippen LogP contribution in [-0.2, 0) is 9.53 Å². The Morgan fingerprint density at radius 1 is 1.54 bits per heavy atom. The van der Waals surface area contributed by atoms with Crippen molar-refractivity contribution in [2.75, 3.05) is 6.61 Å². The van der Waals surface area contributed by atoms with Crippen LogP contribution in [0.3, 0.4) is 0 Å². The number of hydrogen-bond acceptors (Lipinski definition) is 4. The molecule has 1 heterocycles. The van der Waals surface area contributed by atoms with Crippen LogP contribution in [0.1, 0.15) is 18.1 Å². The van der Waals surface area contributed by atoms with Crippen LogP contribution in [-0.4, -0.2) is 28.3 Å². The van der Waals surface area contributed by atoms with Gasteiger partial charge in [-0.2, -0.15) is 5.10 Å². The molecular weight excluding hydrogens is 172 g/mol. The van der Waals surface area contributed by atoms with Gasteiger partial charge < -0.3 is 4.74 Å². The third-order valence-electron chi connectivity index (χ3n) is 1.36. The molecule has 5 nitrogen and oxygen atoms in total. The third kappa shape index (κ3) is 2.70. The average Bonchev–Trinajstić information content (AvgIpc) is 2.55. The van der Waals surface area contributed by atoms with Gasteiger partial charge in [-0.3, -0.25) is 9.59 Å². The summed E-state index contributed by atoms with van der Waals surface area (Å²) in [5, 5.41) is 3.69. The molecule has 1 aromatic heterocycles. The van der Waals surface area contributed by atoms with Crippen molar-refractivity contribution in [1.82, 2.24) is 9.78 Å². The molecule has 5 heteroatoms. The summed E-state index contributed by atoms with van der Waals surface area (Å²) in [6.07, 6.45) is 2.69. The van der Waals surface area contributed by atoms with Gasteiger partial charge in [-0.15, -0.1) is 0 Å². The van der Waals surface area contributed by atoms with Crippen LogP contribution in [0.2, 0.25) is 0 Å². The van der Waals surface area contributed by atoms with Gasteiger partial charge >= 0.3 is 5.97 Å². The van der Waals surface area contributed by atoms with Crippen molar-refractivity contribution in [3.05, 3.63) is 18.5 Å². The highest BCUT2D eigenvalue weighted by atomic mass is 16.5. The van der Waals surface area contributed by atoms with E-state index in [4.69, 9.17) is 0 Å². The summed E-state index contributed by atoms with van der Waals surface area (Å²) in [4.78, 5) is 22.1. The van der Waals surface area contributed by atoms with E-state index in [1.54, 1.807) is 13.0 Å². The third-order valence-corrected chi connectivity index (χ3v) is 1.36. The van der Waals surface area contributed by atoms with E-state index in [9.17, 15) is 9.59 Å². The second-order valence-corrected chi connectivity index (χ2v) is 2.33. The minimum atomic E-state index is -0.525. The van der Waals surface area contributed by atoms with Crippen molar-refractivity contribution in [1.29, 1.82) is 0 Å². The molecule has 0 atom stereocenters. The van der Waals surface area contributed by atoms with Crippen LogP contribution in [0.5, 0.6) is 0 Å². The van der Waals surface area contributed by atoms with Gasteiger partial charge in [0.1, 0.15) is 6.42 Å². The lowest BCUT2D eigenvalue weighted by atomic mass is 10.4. The summed E-state index contributed by atoms with van der Waals surface area (Å²) in [5.74, 6) is -0.911. The number of rotatable bonds is 3. The lowest BCUT2D eigenvalue weighted by Gasteiger charge is -2.00. The van der Waals surface area contributed by atoms with Crippen molar-refractivity contribution < 1.29 is 14.3 Å². The molecule has 0 saturated carbocycles. The summed E-state index contributed by atoms with van der Waals surface area (Å²) in [6.45, 7) is 1.97. The minimum Gasteiger partial charge on any atom is -0.466 e. The Labute approximate surface area is 75.3 Å². The lowest BCUT2D eigenvalue weighted by molar-refractivity contribution is -0.142. The van der Waals surface area contributed by atoms with Crippen molar-refractivity contribution in [3.8, 4) is 0 Å². The maximum atomic E-state index is 11.2. The zero-order valence-corrected chi connectivity index (χ0v) is 7.27. The van der Waals surface area contributed by atoms with E-state index >= 15 is 0 Å². The maximum Gasteiger partial charge on any atom is 0.315 e. The second-order valence-electron chi connectivity index (χ2n) is 2.33. The van der Waals surface area contributed by atoms with E-state index in [1.165, 1.54) is 12.4 Å². The molecule has 70 valence electrons. The first-order valence-corrected chi connectivity index (χ1v) is 3.92. The number of nitrogens with zero attached hydrogens (tertiary/aromatic N) is 2. The molecule has 0 saturated heterocycles. The van der Waals surface area contributed by atoms with Gasteiger partial charge in [-0.1, -0.05) is 0 Å². The lowest BCUT2D eigenvalue weighted by Crippen LogP contribution is -2.17. The average molecular weight is 182 g/mol. The molecule has 0 aliphatic heterocycles. The number of carbonyl (C=O) groups is 2. The van der Waals surface area contributed by atoms with Crippen molar-refractivity contribution in [2.45, 2.75) is 13.3 Å². The molecule has 0 amide bonds. The highest BCUT2D eigenvalue weighted by Crippen LogP contribution is 1.92. The molecular formula is C8H10N2O3. The topological polar surface area (TPSA) is 61.2 Å². The number of hydrogen-bond donors (Lipinski definition) is 0. The first-order chi connectivity index (χ1) is 6.24. The van der Waals surface area contributed by atoms with Crippen LogP contribution in [0.15, 0.2) is 18.5 Å². The highest BCUT2D eigenvalue weighted by molar-refractivity contribution is 5.95. The molecule has 0 spiro atoms. The summed E-state index contributed by atoms with van der Waals surface area (Å²) >= 11 is 0. The molecule has 0 aromatic carbocycles. The van der Waals surface area contributed by atoms with Gasteiger partial charge in [-0.25, -0.2) is 4.68 Å². The molecule has 0 N–H and O–H groups in total. The molecule has 0 radical (unpaired) electrons. The van der Waals surface area contributed by atoms with Crippen LogP contribution in [0, 0.1) is 0 Å². The summed E-state index contributed by atoms with van der Waals surface area (Å²) < 4.78 is 5.72. The summed E-state index contributed by atoms with van der Waals surface area (Å²) in [5.41, 5.74) is 0. The second kappa shape index (κ2) is 4.39. The quantitative estimate of drug-likeness (QED) is 0.503. The largest absolute Gasteiger partial charge is 0.466 e. The Hall–Kier alpha value is -1.65. The van der Waals surface area contributed by atoms with Gasteiger partial charge in [0.25, 0.3) is 5.91 Å². The number of aromatic nitrogens is 2. The Balaban J connectivity index is 2.47. The number of esters is 1. The molecule has 0 fully saturated rings. The van der Waals surface area contributed by atoms with E-state index in [0.29, 0.717) is 0 Å². The Morgan fingerprint density at radius 3 is 2.85 bits per heavy atom. The van der Waals surface area contributed by atoms with Crippen LogP contribution >= 0.6 is 0 Å². The van der Waals surface area contributed by atoms with Gasteiger partial charge in [0.15, 0.2) is 0 Å². The van der Waals surface area contributed by atoms with E-state index in [0.717, 1.165) is 4.68 Å². The van der Waals surface area contributed by atoms with Gasteiger partial charge in [-0.05, 0) is 13.0 Å². The zero-order chi connectivity index (χ0) is 9.68. The van der Waals surface area contributed by atoms with Gasteiger partial charge in [0.05, 0.1) is 6.61 Å². The van der Waals surface area contributed by atoms with E-state index < -0.39 is 5.97 Å². The van der Waals surface area contributed by atoms with E-state index in [-0.39, 0.29) is 18.9 Å². The summed E-state index contributed by atoms with van der Waals surface area (Å²) in [7, 11) is 0. The first kappa shape index (κ1) is 9.44. The molecule has 1 rings (SSSR count). The normalized spacial score (nSPS) is 9.62. The van der Waals surface area contributed by atoms with Crippen LogP contribution in [0.25, 0.3) is 0 Å². The highest BCUT2D eigenvalue weighted by Gasteiger charge is 2.11. The number of ether oxygens (including phenoxy) is 1. The number of carbonyl (C=O) groups excluding carboxylic acids is 2. The van der Waals surface area contributed by atoms with Crippen molar-refractivity contribution in [2.24, 2.45) is 0 Å². The summed E-state index contributed by atoms with van der Waals surface area (Å²) in [6, 6.07) is 1.61. The standard InChI is InChI=1S/C8H10N2O3/c1-2-13-8(12)6-7(11)10-5-3-4-9-10/h3-5H,2,6H2,1H3. The molecule has 1 aromatic rings. The fourth-order valence-corrected chi connectivity index (χ4v) is 0.833. The monoisotopic (exact) mass is 182 g/mol. The van der Waals surface area contributed by atoms with Gasteiger partial charge in [0, 0.05) is 12.4 Å². The van der Waals surface area contributed by atoms with Gasteiger partial charge in [0.2, 0.25) is 0 Å². The van der Waals surface area contributed by atoms with E-state index in [2.05, 4.69) is 9.84 Å². The molecule has 13 heavy (non-hydrogen) atoms. The minimum absolute atomic E-state index is 0.268. The van der Waals surface area contributed by atoms with Crippen molar-refractivity contribution in [3.63, 3.8) is 0 Å². The molecule has 0 unspecified atom stereocenters. The molecule has 0 bridgehead atoms.